The molecule has 0 aliphatic heterocycles. The molecule has 3 N–H and O–H groups in total. The van der Waals surface area contributed by atoms with Crippen molar-refractivity contribution in [3.8, 4) is 0 Å². The minimum Gasteiger partial charge on any atom is -0.465 e. The topological polar surface area (TPSA) is 69.6 Å². The summed E-state index contributed by atoms with van der Waals surface area (Å²) in [6.45, 7) is 0. The van der Waals surface area contributed by atoms with Crippen LogP contribution in [0.1, 0.15) is 24.0 Å². The van der Waals surface area contributed by atoms with Gasteiger partial charge < -0.3 is 15.5 Å². The average Bonchev–Trinajstić information content (AvgIpc) is 2.56. The molecule has 0 radical (unpaired) electrons. The van der Waals surface area contributed by atoms with E-state index in [1.54, 1.807) is 0 Å². The fraction of sp³-hybridized carbons (Fsp3) is 0.316. The van der Waals surface area contributed by atoms with Crippen molar-refractivity contribution in [3.63, 3.8) is 0 Å². The zero-order chi connectivity index (χ0) is 16.5. The normalized spacial score (nSPS) is 13.3. The third-order valence-electron chi connectivity index (χ3n) is 3.88. The van der Waals surface area contributed by atoms with Crippen LogP contribution in [0.4, 0.5) is 4.79 Å². The highest BCUT2D eigenvalue weighted by atomic mass is 16.4. The fourth-order valence-electron chi connectivity index (χ4n) is 2.67. The maximum Gasteiger partial charge on any atom is 0.404 e. The van der Waals surface area contributed by atoms with Crippen LogP contribution in [-0.4, -0.2) is 28.5 Å². The van der Waals surface area contributed by atoms with E-state index in [1.165, 1.54) is 5.56 Å². The maximum atomic E-state index is 11.0. The Bertz CT molecular complexity index is 586. The van der Waals surface area contributed by atoms with E-state index >= 15 is 0 Å². The number of carboxylic acid groups (broad SMARTS) is 1. The second-order valence-corrected chi connectivity index (χ2v) is 5.69. The first-order valence-electron chi connectivity index (χ1n) is 7.90. The molecule has 0 heterocycles. The minimum atomic E-state index is -1.10. The lowest BCUT2D eigenvalue weighted by molar-refractivity contribution is 0.110. The molecular formula is C19H23NO3. The molecule has 0 saturated carbocycles. The number of aliphatic hydroxyl groups is 1. The predicted molar refractivity (Wildman–Crippen MR) is 90.5 cm³/mol. The number of aryl methyl sites for hydroxylation is 1. The number of hydrogen-bond donors (Lipinski definition) is 3. The first kappa shape index (κ1) is 17.0. The summed E-state index contributed by atoms with van der Waals surface area (Å²) >= 11 is 0. The number of aliphatic hydroxyl groups excluding tert-OH is 1. The van der Waals surface area contributed by atoms with Crippen LogP contribution in [0.3, 0.4) is 0 Å². The highest BCUT2D eigenvalue weighted by molar-refractivity contribution is 5.65. The molecule has 0 aliphatic rings. The molecule has 0 bridgehead atoms. The molecule has 4 nitrogen and oxygen atoms in total. The summed E-state index contributed by atoms with van der Waals surface area (Å²) in [4.78, 5) is 11.0. The predicted octanol–water partition coefficient (Wildman–Crippen LogP) is 3.25. The molecule has 0 aliphatic carbocycles. The van der Waals surface area contributed by atoms with Crippen molar-refractivity contribution in [2.75, 3.05) is 0 Å². The highest BCUT2D eigenvalue weighted by Crippen LogP contribution is 2.12. The van der Waals surface area contributed by atoms with Gasteiger partial charge in [0.05, 0.1) is 12.1 Å². The Morgan fingerprint density at radius 3 is 2.09 bits per heavy atom. The summed E-state index contributed by atoms with van der Waals surface area (Å²) in [5.74, 6) is 0. The van der Waals surface area contributed by atoms with Crippen molar-refractivity contribution in [3.05, 3.63) is 71.8 Å². The lowest BCUT2D eigenvalue weighted by atomic mass is 9.96. The molecule has 2 aromatic carbocycles. The second kappa shape index (κ2) is 8.96. The van der Waals surface area contributed by atoms with E-state index in [1.807, 2.05) is 48.5 Å². The van der Waals surface area contributed by atoms with Crippen molar-refractivity contribution in [1.82, 2.24) is 5.32 Å². The van der Waals surface area contributed by atoms with Crippen molar-refractivity contribution in [2.45, 2.75) is 37.8 Å². The van der Waals surface area contributed by atoms with Gasteiger partial charge in [-0.3, -0.25) is 0 Å². The Kier molecular flexibility index (Phi) is 6.63. The van der Waals surface area contributed by atoms with Crippen molar-refractivity contribution < 1.29 is 15.0 Å². The molecule has 0 fully saturated rings. The van der Waals surface area contributed by atoms with Crippen LogP contribution in [0.25, 0.3) is 0 Å². The van der Waals surface area contributed by atoms with Crippen LogP contribution < -0.4 is 5.32 Å². The first-order valence-corrected chi connectivity index (χ1v) is 7.90. The third-order valence-corrected chi connectivity index (χ3v) is 3.88. The van der Waals surface area contributed by atoms with E-state index in [4.69, 9.17) is 5.11 Å². The summed E-state index contributed by atoms with van der Waals surface area (Å²) in [6, 6.07) is 19.2. The molecule has 2 atom stereocenters. The van der Waals surface area contributed by atoms with Gasteiger partial charge in [0.15, 0.2) is 0 Å². The van der Waals surface area contributed by atoms with E-state index in [2.05, 4.69) is 17.4 Å². The molecule has 122 valence electrons. The number of hydrogen-bond acceptors (Lipinski definition) is 2. The molecule has 4 heteroatoms. The van der Waals surface area contributed by atoms with E-state index in [-0.39, 0.29) is 0 Å². The Balaban J connectivity index is 1.88. The lowest BCUT2D eigenvalue weighted by Gasteiger charge is -2.23. The summed E-state index contributed by atoms with van der Waals surface area (Å²) in [5.41, 5.74) is 2.24. The fourth-order valence-corrected chi connectivity index (χ4v) is 2.67. The standard InChI is InChI=1S/C19H23NO3/c21-18(13-7-12-15-8-3-1-4-9-15)17(20-19(22)23)14-16-10-5-2-6-11-16/h1-6,8-11,17-18,20-21H,7,12-14H2,(H,22,23). The molecule has 2 unspecified atom stereocenters. The van der Waals surface area contributed by atoms with Crippen LogP contribution >= 0.6 is 0 Å². The summed E-state index contributed by atoms with van der Waals surface area (Å²) in [7, 11) is 0. The van der Waals surface area contributed by atoms with E-state index in [9.17, 15) is 9.90 Å². The Morgan fingerprint density at radius 2 is 1.52 bits per heavy atom. The van der Waals surface area contributed by atoms with Crippen LogP contribution in [0, 0.1) is 0 Å². The molecule has 0 spiro atoms. The van der Waals surface area contributed by atoms with Gasteiger partial charge in [0.1, 0.15) is 0 Å². The third kappa shape index (κ3) is 6.12. The van der Waals surface area contributed by atoms with E-state index in [0.717, 1.165) is 18.4 Å². The monoisotopic (exact) mass is 313 g/mol. The molecule has 1 amide bonds. The van der Waals surface area contributed by atoms with Gasteiger partial charge in [-0.1, -0.05) is 60.7 Å². The van der Waals surface area contributed by atoms with E-state index in [0.29, 0.717) is 12.8 Å². The van der Waals surface area contributed by atoms with Crippen molar-refractivity contribution >= 4 is 6.09 Å². The highest BCUT2D eigenvalue weighted by Gasteiger charge is 2.21. The van der Waals surface area contributed by atoms with Gasteiger partial charge in [0, 0.05) is 0 Å². The van der Waals surface area contributed by atoms with Gasteiger partial charge in [0.25, 0.3) is 0 Å². The second-order valence-electron chi connectivity index (χ2n) is 5.69. The quantitative estimate of drug-likeness (QED) is 0.700. The smallest absolute Gasteiger partial charge is 0.404 e. The number of rotatable bonds is 8. The zero-order valence-electron chi connectivity index (χ0n) is 13.1. The Hall–Kier alpha value is -2.33. The number of carbonyl (C=O) groups is 1. The Labute approximate surface area is 136 Å². The molecule has 0 aromatic heterocycles. The molecule has 2 rings (SSSR count). The van der Waals surface area contributed by atoms with Crippen LogP contribution in [-0.2, 0) is 12.8 Å². The van der Waals surface area contributed by atoms with Gasteiger partial charge in [-0.15, -0.1) is 0 Å². The number of nitrogens with one attached hydrogen (secondary N) is 1. The van der Waals surface area contributed by atoms with Gasteiger partial charge in [-0.2, -0.15) is 0 Å². The summed E-state index contributed by atoms with van der Waals surface area (Å²) < 4.78 is 0. The minimum absolute atomic E-state index is 0.486. The number of benzene rings is 2. The molecule has 23 heavy (non-hydrogen) atoms. The van der Waals surface area contributed by atoms with Crippen LogP contribution in [0.5, 0.6) is 0 Å². The van der Waals surface area contributed by atoms with Crippen molar-refractivity contribution in [1.29, 1.82) is 0 Å². The van der Waals surface area contributed by atoms with E-state index < -0.39 is 18.2 Å². The molecular weight excluding hydrogens is 290 g/mol. The Morgan fingerprint density at radius 1 is 0.957 bits per heavy atom. The summed E-state index contributed by atoms with van der Waals surface area (Å²) in [6.07, 6.45) is 0.940. The van der Waals surface area contributed by atoms with Crippen LogP contribution in [0.15, 0.2) is 60.7 Å². The average molecular weight is 313 g/mol. The lowest BCUT2D eigenvalue weighted by Crippen LogP contribution is -2.44. The van der Waals surface area contributed by atoms with Gasteiger partial charge in [0.2, 0.25) is 0 Å². The summed E-state index contributed by atoms with van der Waals surface area (Å²) in [5, 5.41) is 21.8. The van der Waals surface area contributed by atoms with Crippen LogP contribution in [0.2, 0.25) is 0 Å². The SMILES string of the molecule is O=C(O)NC(Cc1ccccc1)C(O)CCCc1ccccc1. The largest absolute Gasteiger partial charge is 0.465 e. The zero-order valence-corrected chi connectivity index (χ0v) is 13.1. The van der Waals surface area contributed by atoms with Crippen molar-refractivity contribution in [2.24, 2.45) is 0 Å². The molecule has 0 saturated heterocycles. The van der Waals surface area contributed by atoms with Gasteiger partial charge >= 0.3 is 6.09 Å². The van der Waals surface area contributed by atoms with Gasteiger partial charge in [-0.25, -0.2) is 4.79 Å². The first-order chi connectivity index (χ1) is 11.1. The number of amides is 1. The van der Waals surface area contributed by atoms with Gasteiger partial charge in [-0.05, 0) is 36.8 Å². The molecule has 2 aromatic rings. The maximum absolute atomic E-state index is 11.0.